The van der Waals surface area contributed by atoms with Crippen LogP contribution < -0.4 is 10.9 Å². The maximum atomic E-state index is 14.2. The number of hydrogen-bond donors (Lipinski definition) is 2. The number of nitrogens with one attached hydrogen (secondary N) is 1. The van der Waals surface area contributed by atoms with Crippen molar-refractivity contribution < 1.29 is 36.6 Å². The van der Waals surface area contributed by atoms with E-state index in [1.807, 2.05) is 35.8 Å². The minimum absolute atomic E-state index is 0.0271. The predicted molar refractivity (Wildman–Crippen MR) is 129 cm³/mol. The highest BCUT2D eigenvalue weighted by atomic mass is 32.1. The van der Waals surface area contributed by atoms with Crippen molar-refractivity contribution in [3.8, 4) is 0 Å². The highest BCUT2D eigenvalue weighted by Gasteiger charge is 2.45. The number of aliphatic carboxylic acids is 1. The first-order valence-corrected chi connectivity index (χ1v) is 12.8. The maximum absolute atomic E-state index is 14.2. The second kappa shape index (κ2) is 10.2. The number of alkyl halides is 5. The van der Waals surface area contributed by atoms with Gasteiger partial charge in [-0.2, -0.15) is 18.3 Å². The molecule has 1 saturated heterocycles. The molecule has 1 atom stereocenters. The summed E-state index contributed by atoms with van der Waals surface area (Å²) in [5.74, 6) is -5.34. The molecule has 0 radical (unpaired) electrons. The number of likely N-dealkylation sites (tertiary alicyclic amines) is 1. The number of carbonyl (C=O) groups excluding carboxylic acids is 1. The zero-order valence-electron chi connectivity index (χ0n) is 20.5. The molecule has 2 fully saturated rings. The third kappa shape index (κ3) is 6.14. The SMILES string of the molecule is CC(C)c1nn(CC(=O)NC2CN(C3CC3)CC(F)(F)C2)c(=O)c2cc3ccsc3n12.O=C(O)C(F)(F)F. The van der Waals surface area contributed by atoms with E-state index in [-0.39, 0.29) is 37.0 Å². The van der Waals surface area contributed by atoms with Gasteiger partial charge in [0.25, 0.3) is 11.5 Å². The third-order valence-electron chi connectivity index (χ3n) is 6.23. The number of aromatic nitrogens is 3. The fourth-order valence-corrected chi connectivity index (χ4v) is 5.40. The quantitative estimate of drug-likeness (QED) is 0.461. The molecule has 208 valence electrons. The molecule has 15 heteroatoms. The lowest BCUT2D eigenvalue weighted by atomic mass is 10.0. The van der Waals surface area contributed by atoms with Crippen molar-refractivity contribution in [2.24, 2.45) is 0 Å². The number of hydrogen-bond acceptors (Lipinski definition) is 6. The van der Waals surface area contributed by atoms with Crippen molar-refractivity contribution in [1.29, 1.82) is 0 Å². The molecule has 1 unspecified atom stereocenters. The average molecular weight is 564 g/mol. The van der Waals surface area contributed by atoms with E-state index in [1.54, 1.807) is 4.90 Å². The highest BCUT2D eigenvalue weighted by Crippen LogP contribution is 2.35. The minimum Gasteiger partial charge on any atom is -0.475 e. The monoisotopic (exact) mass is 563 g/mol. The van der Waals surface area contributed by atoms with Crippen LogP contribution in [0.25, 0.3) is 15.7 Å². The number of halogens is 5. The number of carbonyl (C=O) groups is 2. The van der Waals surface area contributed by atoms with Gasteiger partial charge in [-0.15, -0.1) is 11.3 Å². The van der Waals surface area contributed by atoms with Crippen LogP contribution in [-0.4, -0.2) is 73.3 Å². The van der Waals surface area contributed by atoms with Gasteiger partial charge in [0.2, 0.25) is 5.91 Å². The Bertz CT molecular complexity index is 1410. The molecule has 0 aromatic carbocycles. The molecular formula is C23H26F5N5O4S. The molecule has 1 aliphatic carbocycles. The Morgan fingerprint density at radius 2 is 1.95 bits per heavy atom. The molecular weight excluding hydrogens is 537 g/mol. The molecule has 9 nitrogen and oxygen atoms in total. The molecule has 4 heterocycles. The predicted octanol–water partition coefficient (Wildman–Crippen LogP) is 3.46. The summed E-state index contributed by atoms with van der Waals surface area (Å²) in [6, 6.07) is 3.32. The summed E-state index contributed by atoms with van der Waals surface area (Å²) >= 11 is 1.53. The Balaban J connectivity index is 0.000000426. The van der Waals surface area contributed by atoms with Crippen LogP contribution in [-0.2, 0) is 16.1 Å². The number of piperidine rings is 1. The zero-order chi connectivity index (χ0) is 28.0. The first kappa shape index (κ1) is 28.0. The Labute approximate surface area is 216 Å². The van der Waals surface area contributed by atoms with E-state index in [1.165, 1.54) is 11.3 Å². The van der Waals surface area contributed by atoms with Crippen LogP contribution in [0.3, 0.4) is 0 Å². The summed E-state index contributed by atoms with van der Waals surface area (Å²) in [7, 11) is 0. The van der Waals surface area contributed by atoms with Gasteiger partial charge < -0.3 is 10.4 Å². The van der Waals surface area contributed by atoms with Gasteiger partial charge in [-0.25, -0.2) is 18.3 Å². The summed E-state index contributed by atoms with van der Waals surface area (Å²) in [5.41, 5.74) is 0.106. The van der Waals surface area contributed by atoms with Gasteiger partial charge in [-0.3, -0.25) is 18.9 Å². The van der Waals surface area contributed by atoms with Crippen LogP contribution in [0.15, 0.2) is 22.3 Å². The minimum atomic E-state index is -5.08. The maximum Gasteiger partial charge on any atom is 0.490 e. The van der Waals surface area contributed by atoms with Gasteiger partial charge in [0.15, 0.2) is 0 Å². The second-order valence-corrected chi connectivity index (χ2v) is 10.7. The number of fused-ring (bicyclic) bond motifs is 3. The van der Waals surface area contributed by atoms with Crippen molar-refractivity contribution in [2.45, 2.75) is 69.8 Å². The first-order valence-electron chi connectivity index (χ1n) is 11.9. The standard InChI is InChI=1S/C21H25F2N5O2S.C2HF3O2/c1-12(2)18-25-27(19(30)16-7-13-5-6-31-20(13)28(16)18)10-17(29)24-14-8-21(22,23)11-26(9-14)15-3-4-15;3-2(4,5)1(6)7/h5-7,12,14-15H,3-4,8-11H2,1-2H3,(H,24,29);(H,6,7). The lowest BCUT2D eigenvalue weighted by Crippen LogP contribution is -2.56. The van der Waals surface area contributed by atoms with E-state index in [0.29, 0.717) is 17.9 Å². The topological polar surface area (TPSA) is 109 Å². The number of rotatable bonds is 5. The van der Waals surface area contributed by atoms with Gasteiger partial charge in [0, 0.05) is 36.4 Å². The zero-order valence-corrected chi connectivity index (χ0v) is 21.3. The first-order chi connectivity index (χ1) is 17.7. The summed E-state index contributed by atoms with van der Waals surface area (Å²) in [6.45, 7) is 3.84. The Morgan fingerprint density at radius 1 is 1.29 bits per heavy atom. The van der Waals surface area contributed by atoms with Gasteiger partial charge in [0.05, 0.1) is 6.54 Å². The number of amides is 1. The van der Waals surface area contributed by atoms with Gasteiger partial charge in [-0.05, 0) is 30.4 Å². The largest absolute Gasteiger partial charge is 0.490 e. The molecule has 3 aromatic heterocycles. The van der Waals surface area contributed by atoms with Crippen molar-refractivity contribution in [3.63, 3.8) is 0 Å². The van der Waals surface area contributed by atoms with Crippen LogP contribution in [0.1, 0.15) is 44.9 Å². The van der Waals surface area contributed by atoms with Crippen molar-refractivity contribution in [3.05, 3.63) is 33.7 Å². The Hall–Kier alpha value is -3.07. The van der Waals surface area contributed by atoms with Gasteiger partial charge >= 0.3 is 12.1 Å². The molecule has 2 N–H and O–H groups in total. The normalized spacial score (nSPS) is 19.9. The van der Waals surface area contributed by atoms with Crippen LogP contribution in [0, 0.1) is 0 Å². The van der Waals surface area contributed by atoms with Crippen LogP contribution in [0.4, 0.5) is 22.0 Å². The molecule has 38 heavy (non-hydrogen) atoms. The lowest BCUT2D eigenvalue weighted by molar-refractivity contribution is -0.192. The lowest BCUT2D eigenvalue weighted by Gasteiger charge is -2.38. The third-order valence-corrected chi connectivity index (χ3v) is 7.14. The van der Waals surface area contributed by atoms with E-state index in [2.05, 4.69) is 10.4 Å². The molecule has 2 aliphatic rings. The van der Waals surface area contributed by atoms with E-state index in [9.17, 15) is 31.5 Å². The summed E-state index contributed by atoms with van der Waals surface area (Å²) in [6.07, 6.45) is -3.60. The number of nitrogens with zero attached hydrogens (tertiary/aromatic N) is 4. The van der Waals surface area contributed by atoms with E-state index >= 15 is 0 Å². The summed E-state index contributed by atoms with van der Waals surface area (Å²) < 4.78 is 63.1. The average Bonchev–Trinajstić information content (AvgIpc) is 3.43. The summed E-state index contributed by atoms with van der Waals surface area (Å²) in [5, 5.41) is 17.2. The molecule has 1 aliphatic heterocycles. The van der Waals surface area contributed by atoms with E-state index in [4.69, 9.17) is 9.90 Å². The van der Waals surface area contributed by atoms with Crippen molar-refractivity contribution in [2.75, 3.05) is 13.1 Å². The molecule has 0 bridgehead atoms. The second-order valence-electron chi connectivity index (χ2n) is 9.81. The number of carboxylic acids is 1. The fraction of sp³-hybridized carbons (Fsp3) is 0.565. The van der Waals surface area contributed by atoms with Gasteiger partial charge in [0.1, 0.15) is 22.7 Å². The van der Waals surface area contributed by atoms with Crippen LogP contribution in [0.5, 0.6) is 0 Å². The fourth-order valence-electron chi connectivity index (χ4n) is 4.49. The molecule has 5 rings (SSSR count). The highest BCUT2D eigenvalue weighted by molar-refractivity contribution is 7.16. The number of carboxylic acid groups (broad SMARTS) is 1. The van der Waals surface area contributed by atoms with Crippen molar-refractivity contribution in [1.82, 2.24) is 24.4 Å². The molecule has 0 spiro atoms. The molecule has 1 amide bonds. The number of thiophene rings is 1. The van der Waals surface area contributed by atoms with Crippen molar-refractivity contribution >= 4 is 38.9 Å². The van der Waals surface area contributed by atoms with E-state index < -0.39 is 30.0 Å². The summed E-state index contributed by atoms with van der Waals surface area (Å²) in [4.78, 5) is 37.3. The van der Waals surface area contributed by atoms with Gasteiger partial charge in [-0.1, -0.05) is 13.8 Å². The molecule has 1 saturated carbocycles. The van der Waals surface area contributed by atoms with E-state index in [0.717, 1.165) is 27.7 Å². The van der Waals surface area contributed by atoms with Crippen LogP contribution in [0.2, 0.25) is 0 Å². The van der Waals surface area contributed by atoms with Crippen LogP contribution >= 0.6 is 11.3 Å². The Morgan fingerprint density at radius 3 is 2.53 bits per heavy atom. The molecule has 3 aromatic rings. The smallest absolute Gasteiger partial charge is 0.475 e. The Kier molecular flexibility index (Phi) is 7.54.